The Morgan fingerprint density at radius 2 is 2.14 bits per heavy atom. The van der Waals surface area contributed by atoms with Crippen molar-refractivity contribution in [3.63, 3.8) is 0 Å². The van der Waals surface area contributed by atoms with E-state index in [0.29, 0.717) is 5.56 Å². The second-order valence-electron chi connectivity index (χ2n) is 4.37. The van der Waals surface area contributed by atoms with Crippen molar-refractivity contribution < 1.29 is 19.2 Å². The minimum Gasteiger partial charge on any atom is -0.490 e. The number of nitrogens with zero attached hydrogens (tertiary/aromatic N) is 2. The summed E-state index contributed by atoms with van der Waals surface area (Å²) in [5, 5.41) is 10.9. The van der Waals surface area contributed by atoms with Gasteiger partial charge in [0, 0.05) is 25.0 Å². The zero-order valence-electron chi connectivity index (χ0n) is 11.6. The standard InChI is InChI=1S/C14H14N2O5/c1-15-6-5-10(8-15)13(17)9-21-11-3-4-14(20-2)12(7-11)16(18)19/h3-8H,9H2,1-2H3. The number of nitro groups is 1. The molecule has 0 radical (unpaired) electrons. The topological polar surface area (TPSA) is 83.6 Å². The molecule has 110 valence electrons. The van der Waals surface area contributed by atoms with Crippen molar-refractivity contribution in [3.05, 3.63) is 52.3 Å². The molecule has 1 aromatic heterocycles. The van der Waals surface area contributed by atoms with Crippen molar-refractivity contribution >= 4 is 11.5 Å². The third kappa shape index (κ3) is 3.38. The summed E-state index contributed by atoms with van der Waals surface area (Å²) in [6, 6.07) is 5.86. The SMILES string of the molecule is COc1ccc(OCC(=O)c2ccn(C)c2)cc1[N+](=O)[O-]. The number of Topliss-reactive ketones (excluding diaryl/α,β-unsaturated/α-hetero) is 1. The summed E-state index contributed by atoms with van der Waals surface area (Å²) in [6.45, 7) is -0.187. The van der Waals surface area contributed by atoms with E-state index in [4.69, 9.17) is 9.47 Å². The van der Waals surface area contributed by atoms with E-state index in [9.17, 15) is 14.9 Å². The second-order valence-corrected chi connectivity index (χ2v) is 4.37. The van der Waals surface area contributed by atoms with Crippen LogP contribution >= 0.6 is 0 Å². The number of ether oxygens (including phenoxy) is 2. The molecule has 0 aliphatic heterocycles. The van der Waals surface area contributed by atoms with E-state index in [1.165, 1.54) is 25.3 Å². The number of aromatic nitrogens is 1. The fourth-order valence-corrected chi connectivity index (χ4v) is 1.80. The van der Waals surface area contributed by atoms with Gasteiger partial charge in [-0.05, 0) is 18.2 Å². The number of carbonyl (C=O) groups excluding carboxylic acids is 1. The number of hydrogen-bond acceptors (Lipinski definition) is 5. The second kappa shape index (κ2) is 6.08. The van der Waals surface area contributed by atoms with Crippen molar-refractivity contribution in [2.24, 2.45) is 7.05 Å². The summed E-state index contributed by atoms with van der Waals surface area (Å²) in [4.78, 5) is 22.2. The quantitative estimate of drug-likeness (QED) is 0.462. The van der Waals surface area contributed by atoms with E-state index >= 15 is 0 Å². The fraction of sp³-hybridized carbons (Fsp3) is 0.214. The zero-order chi connectivity index (χ0) is 15.4. The van der Waals surface area contributed by atoms with Crippen LogP contribution in [0.15, 0.2) is 36.7 Å². The van der Waals surface area contributed by atoms with Gasteiger partial charge in [0.05, 0.1) is 18.1 Å². The highest BCUT2D eigenvalue weighted by Gasteiger charge is 2.16. The largest absolute Gasteiger partial charge is 0.490 e. The predicted octanol–water partition coefficient (Wildman–Crippen LogP) is 2.20. The number of nitro benzene ring substituents is 1. The monoisotopic (exact) mass is 290 g/mol. The smallest absolute Gasteiger partial charge is 0.314 e. The summed E-state index contributed by atoms with van der Waals surface area (Å²) >= 11 is 0. The summed E-state index contributed by atoms with van der Waals surface area (Å²) in [5.74, 6) is 0.183. The Kier molecular flexibility index (Phi) is 4.22. The average Bonchev–Trinajstić information content (AvgIpc) is 2.91. The molecule has 1 aromatic carbocycles. The molecule has 0 aliphatic carbocycles. The third-order valence-electron chi connectivity index (χ3n) is 2.87. The van der Waals surface area contributed by atoms with Gasteiger partial charge in [0.2, 0.25) is 5.78 Å². The molecule has 1 heterocycles. The van der Waals surface area contributed by atoms with Crippen LogP contribution in [0.25, 0.3) is 0 Å². The first kappa shape index (κ1) is 14.6. The number of methoxy groups -OCH3 is 1. The number of carbonyl (C=O) groups is 1. The van der Waals surface area contributed by atoms with Crippen LogP contribution in [0.4, 0.5) is 5.69 Å². The lowest BCUT2D eigenvalue weighted by Gasteiger charge is -2.06. The van der Waals surface area contributed by atoms with Crippen LogP contribution in [0.5, 0.6) is 11.5 Å². The van der Waals surface area contributed by atoms with Gasteiger partial charge in [0.1, 0.15) is 5.75 Å². The Morgan fingerprint density at radius 1 is 1.38 bits per heavy atom. The Bertz CT molecular complexity index is 678. The van der Waals surface area contributed by atoms with Gasteiger partial charge in [0.25, 0.3) is 0 Å². The molecular formula is C14H14N2O5. The molecule has 0 amide bonds. The van der Waals surface area contributed by atoms with Crippen LogP contribution in [-0.4, -0.2) is 29.0 Å². The van der Waals surface area contributed by atoms with E-state index in [0.717, 1.165) is 0 Å². The Hall–Kier alpha value is -2.83. The predicted molar refractivity (Wildman–Crippen MR) is 74.9 cm³/mol. The molecule has 2 aromatic rings. The lowest BCUT2D eigenvalue weighted by molar-refractivity contribution is -0.385. The van der Waals surface area contributed by atoms with Crippen molar-refractivity contribution in [1.82, 2.24) is 4.57 Å². The van der Waals surface area contributed by atoms with Crippen molar-refractivity contribution in [1.29, 1.82) is 0 Å². The van der Waals surface area contributed by atoms with Crippen LogP contribution < -0.4 is 9.47 Å². The number of ketones is 1. The van der Waals surface area contributed by atoms with Gasteiger partial charge in [-0.2, -0.15) is 0 Å². The first-order valence-electron chi connectivity index (χ1n) is 6.11. The van der Waals surface area contributed by atoms with E-state index in [1.807, 2.05) is 7.05 Å². The fourth-order valence-electron chi connectivity index (χ4n) is 1.80. The molecule has 0 aliphatic rings. The normalized spacial score (nSPS) is 10.2. The molecule has 0 saturated carbocycles. The summed E-state index contributed by atoms with van der Waals surface area (Å²) in [6.07, 6.45) is 3.44. The molecule has 0 N–H and O–H groups in total. The molecule has 0 fully saturated rings. The Balaban J connectivity index is 2.08. The highest BCUT2D eigenvalue weighted by Crippen LogP contribution is 2.30. The number of benzene rings is 1. The molecular weight excluding hydrogens is 276 g/mol. The van der Waals surface area contributed by atoms with Crippen molar-refractivity contribution in [3.8, 4) is 11.5 Å². The lowest BCUT2D eigenvalue weighted by atomic mass is 10.2. The van der Waals surface area contributed by atoms with Gasteiger partial charge >= 0.3 is 5.69 Å². The van der Waals surface area contributed by atoms with Gasteiger partial charge in [0.15, 0.2) is 12.4 Å². The van der Waals surface area contributed by atoms with Gasteiger partial charge in [-0.25, -0.2) is 0 Å². The van der Waals surface area contributed by atoms with Gasteiger partial charge in [-0.1, -0.05) is 0 Å². The number of aryl methyl sites for hydroxylation is 1. The van der Waals surface area contributed by atoms with Crippen molar-refractivity contribution in [2.75, 3.05) is 13.7 Å². The average molecular weight is 290 g/mol. The van der Waals surface area contributed by atoms with Gasteiger partial charge in [-0.3, -0.25) is 14.9 Å². The summed E-state index contributed by atoms with van der Waals surface area (Å²) in [7, 11) is 3.16. The first-order valence-corrected chi connectivity index (χ1v) is 6.11. The van der Waals surface area contributed by atoms with Crippen LogP contribution in [0, 0.1) is 10.1 Å². The molecule has 7 heteroatoms. The summed E-state index contributed by atoms with van der Waals surface area (Å²) in [5.41, 5.74) is 0.322. The van der Waals surface area contributed by atoms with Crippen LogP contribution in [0.2, 0.25) is 0 Å². The number of hydrogen-bond donors (Lipinski definition) is 0. The van der Waals surface area contributed by atoms with Crippen LogP contribution in [0.1, 0.15) is 10.4 Å². The molecule has 0 atom stereocenters. The maximum absolute atomic E-state index is 11.9. The molecule has 0 saturated heterocycles. The minimum atomic E-state index is -0.565. The molecule has 21 heavy (non-hydrogen) atoms. The van der Waals surface area contributed by atoms with E-state index in [1.54, 1.807) is 23.0 Å². The first-order chi connectivity index (χ1) is 10.0. The van der Waals surface area contributed by atoms with E-state index in [2.05, 4.69) is 0 Å². The van der Waals surface area contributed by atoms with E-state index < -0.39 is 4.92 Å². The lowest BCUT2D eigenvalue weighted by Crippen LogP contribution is -2.11. The maximum atomic E-state index is 11.9. The summed E-state index contributed by atoms with van der Waals surface area (Å²) < 4.78 is 12.0. The molecule has 7 nitrogen and oxygen atoms in total. The van der Waals surface area contributed by atoms with Crippen LogP contribution in [-0.2, 0) is 7.05 Å². The molecule has 0 spiro atoms. The number of rotatable bonds is 6. The molecule has 2 rings (SSSR count). The van der Waals surface area contributed by atoms with Crippen LogP contribution in [0.3, 0.4) is 0 Å². The Morgan fingerprint density at radius 3 is 2.71 bits per heavy atom. The zero-order valence-corrected chi connectivity index (χ0v) is 11.6. The Labute approximate surface area is 120 Å². The van der Waals surface area contributed by atoms with Crippen molar-refractivity contribution in [2.45, 2.75) is 0 Å². The molecule has 0 bridgehead atoms. The van der Waals surface area contributed by atoms with Gasteiger partial charge < -0.3 is 14.0 Å². The maximum Gasteiger partial charge on any atom is 0.314 e. The highest BCUT2D eigenvalue weighted by molar-refractivity contribution is 5.97. The highest BCUT2D eigenvalue weighted by atomic mass is 16.6. The third-order valence-corrected chi connectivity index (χ3v) is 2.87. The minimum absolute atomic E-state index is 0.140. The molecule has 0 unspecified atom stereocenters. The van der Waals surface area contributed by atoms with E-state index in [-0.39, 0.29) is 29.6 Å². The van der Waals surface area contributed by atoms with Gasteiger partial charge in [-0.15, -0.1) is 0 Å².